The molecule has 1 aliphatic heterocycles. The van der Waals surface area contributed by atoms with Crippen molar-refractivity contribution in [2.45, 2.75) is 56.0 Å². The second kappa shape index (κ2) is 7.95. The summed E-state index contributed by atoms with van der Waals surface area (Å²) in [5.41, 5.74) is 6.04. The van der Waals surface area contributed by atoms with Gasteiger partial charge in [-0.25, -0.2) is 0 Å². The quantitative estimate of drug-likeness (QED) is 0.531. The minimum atomic E-state index is -0.0819. The summed E-state index contributed by atoms with van der Waals surface area (Å²) in [7, 11) is 0. The van der Waals surface area contributed by atoms with Crippen molar-refractivity contribution in [2.24, 2.45) is 0 Å². The number of rotatable bonds is 4. The maximum atomic E-state index is 13.6. The van der Waals surface area contributed by atoms with E-state index in [-0.39, 0.29) is 11.9 Å². The third-order valence-electron chi connectivity index (χ3n) is 6.53. The third kappa shape index (κ3) is 3.25. The van der Waals surface area contributed by atoms with Crippen molar-refractivity contribution in [3.8, 4) is 11.3 Å². The van der Waals surface area contributed by atoms with Crippen LogP contribution in [0.15, 0.2) is 53.4 Å². The van der Waals surface area contributed by atoms with Crippen molar-refractivity contribution in [1.82, 2.24) is 15.1 Å². The Balaban J connectivity index is 1.64. The van der Waals surface area contributed by atoms with E-state index in [0.29, 0.717) is 11.7 Å². The Bertz CT molecular complexity index is 1050. The third-order valence-corrected chi connectivity index (χ3v) is 7.27. The average Bonchev–Trinajstić information content (AvgIpc) is 3.34. The Morgan fingerprint density at radius 1 is 1.00 bits per heavy atom. The fourth-order valence-corrected chi connectivity index (χ4v) is 5.35. The molecule has 5 heteroatoms. The number of carbonyl (C=O) groups excluding carboxylic acids is 1. The van der Waals surface area contributed by atoms with E-state index in [4.69, 9.17) is 0 Å². The number of carbonyl (C=O) groups is 1. The van der Waals surface area contributed by atoms with E-state index >= 15 is 0 Å². The van der Waals surface area contributed by atoms with Crippen LogP contribution < -0.4 is 0 Å². The molecule has 3 aromatic rings. The van der Waals surface area contributed by atoms with E-state index < -0.39 is 0 Å². The summed E-state index contributed by atoms with van der Waals surface area (Å²) in [6, 6.07) is 17.3. The summed E-state index contributed by atoms with van der Waals surface area (Å²) < 4.78 is 0. The molecule has 2 aromatic carbocycles. The van der Waals surface area contributed by atoms with E-state index in [2.05, 4.69) is 76.8 Å². The van der Waals surface area contributed by atoms with Gasteiger partial charge in [-0.3, -0.25) is 9.89 Å². The SMILES string of the molecule is CSc1ccc(C2c3c(-c4ccc(C)cc4)n[nH]c3C(=O)N2C2CCCCC2)cc1. The summed E-state index contributed by atoms with van der Waals surface area (Å²) >= 11 is 1.74. The van der Waals surface area contributed by atoms with Gasteiger partial charge < -0.3 is 4.90 Å². The normalized spacial score (nSPS) is 19.3. The molecule has 4 nitrogen and oxygen atoms in total. The minimum absolute atomic E-state index is 0.0819. The van der Waals surface area contributed by atoms with E-state index in [9.17, 15) is 4.79 Å². The maximum Gasteiger partial charge on any atom is 0.273 e. The molecule has 1 fully saturated rings. The van der Waals surface area contributed by atoms with Crippen molar-refractivity contribution in [2.75, 3.05) is 6.26 Å². The number of fused-ring (bicyclic) bond motifs is 1. The smallest absolute Gasteiger partial charge is 0.273 e. The lowest BCUT2D eigenvalue weighted by Gasteiger charge is -2.36. The van der Waals surface area contributed by atoms with Crippen LogP contribution in [-0.2, 0) is 0 Å². The fraction of sp³-hybridized carbons (Fsp3) is 0.360. The molecule has 1 saturated carbocycles. The predicted octanol–water partition coefficient (Wildman–Crippen LogP) is 5.98. The molecule has 154 valence electrons. The van der Waals surface area contributed by atoms with Gasteiger partial charge in [0, 0.05) is 22.1 Å². The summed E-state index contributed by atoms with van der Waals surface area (Å²) in [6.45, 7) is 2.09. The van der Waals surface area contributed by atoms with Crippen molar-refractivity contribution >= 4 is 17.7 Å². The van der Waals surface area contributed by atoms with Crippen molar-refractivity contribution in [1.29, 1.82) is 0 Å². The highest BCUT2D eigenvalue weighted by molar-refractivity contribution is 7.98. The maximum absolute atomic E-state index is 13.6. The van der Waals surface area contributed by atoms with Crippen molar-refractivity contribution in [3.63, 3.8) is 0 Å². The molecule has 2 heterocycles. The van der Waals surface area contributed by atoms with Crippen LogP contribution >= 0.6 is 11.8 Å². The topological polar surface area (TPSA) is 49.0 Å². The first-order valence-corrected chi connectivity index (χ1v) is 12.0. The van der Waals surface area contributed by atoms with E-state index in [1.807, 2.05) is 0 Å². The van der Waals surface area contributed by atoms with Gasteiger partial charge in [0.25, 0.3) is 5.91 Å². The van der Waals surface area contributed by atoms with Crippen molar-refractivity contribution in [3.05, 3.63) is 70.9 Å². The molecule has 0 spiro atoms. The molecule has 0 saturated heterocycles. The first-order chi connectivity index (χ1) is 14.7. The number of nitrogens with zero attached hydrogens (tertiary/aromatic N) is 2. The van der Waals surface area contributed by atoms with Crippen LogP contribution in [0.25, 0.3) is 11.3 Å². The molecule has 2 aliphatic rings. The molecule has 1 N–H and O–H groups in total. The van der Waals surface area contributed by atoms with Crippen LogP contribution in [0.5, 0.6) is 0 Å². The molecule has 1 amide bonds. The van der Waals surface area contributed by atoms with Crippen LogP contribution in [-0.4, -0.2) is 33.3 Å². The second-order valence-electron chi connectivity index (χ2n) is 8.41. The number of aryl methyl sites for hydroxylation is 1. The Kier molecular flexibility index (Phi) is 5.15. The lowest BCUT2D eigenvalue weighted by atomic mass is 9.91. The Labute approximate surface area is 182 Å². The zero-order valence-electron chi connectivity index (χ0n) is 17.5. The predicted molar refractivity (Wildman–Crippen MR) is 122 cm³/mol. The summed E-state index contributed by atoms with van der Waals surface area (Å²) in [4.78, 5) is 16.9. The van der Waals surface area contributed by atoms with Gasteiger partial charge in [-0.05, 0) is 43.7 Å². The van der Waals surface area contributed by atoms with Crippen LogP contribution in [0.1, 0.15) is 65.3 Å². The minimum Gasteiger partial charge on any atom is -0.323 e. The highest BCUT2D eigenvalue weighted by Crippen LogP contribution is 2.45. The van der Waals surface area contributed by atoms with Crippen LogP contribution in [0, 0.1) is 6.92 Å². The molecule has 1 aromatic heterocycles. The Morgan fingerprint density at radius 3 is 2.37 bits per heavy atom. The number of benzene rings is 2. The van der Waals surface area contributed by atoms with E-state index in [0.717, 1.165) is 29.7 Å². The molecule has 0 bridgehead atoms. The van der Waals surface area contributed by atoms with Gasteiger partial charge in [-0.15, -0.1) is 11.8 Å². The summed E-state index contributed by atoms with van der Waals surface area (Å²) in [5, 5.41) is 7.70. The molecule has 1 unspecified atom stereocenters. The number of amides is 1. The molecule has 0 radical (unpaired) electrons. The van der Waals surface area contributed by atoms with Crippen molar-refractivity contribution < 1.29 is 4.79 Å². The lowest BCUT2D eigenvalue weighted by molar-refractivity contribution is 0.0606. The monoisotopic (exact) mass is 417 g/mol. The van der Waals surface area contributed by atoms with Gasteiger partial charge >= 0.3 is 0 Å². The fourth-order valence-electron chi connectivity index (χ4n) is 4.95. The Morgan fingerprint density at radius 2 is 1.70 bits per heavy atom. The standard InChI is InChI=1S/C25H27N3OS/c1-16-8-10-17(11-9-16)22-21-23(27-26-22)25(29)28(19-6-4-3-5-7-19)24(21)18-12-14-20(30-2)15-13-18/h8-15,19,24H,3-7H2,1-2H3,(H,26,27). The highest BCUT2D eigenvalue weighted by atomic mass is 32.2. The number of thioether (sulfide) groups is 1. The molecule has 30 heavy (non-hydrogen) atoms. The zero-order valence-corrected chi connectivity index (χ0v) is 18.3. The molecule has 1 aliphatic carbocycles. The van der Waals surface area contributed by atoms with Crippen LogP contribution in [0.2, 0.25) is 0 Å². The Hall–Kier alpha value is -2.53. The van der Waals surface area contributed by atoms with Gasteiger partial charge in [0.1, 0.15) is 5.69 Å². The number of H-pyrrole nitrogens is 1. The van der Waals surface area contributed by atoms with Crippen LogP contribution in [0.3, 0.4) is 0 Å². The number of hydrogen-bond acceptors (Lipinski definition) is 3. The van der Waals surface area contributed by atoms with E-state index in [1.54, 1.807) is 11.8 Å². The molecular formula is C25H27N3OS. The van der Waals surface area contributed by atoms with Gasteiger partial charge in [-0.2, -0.15) is 5.10 Å². The largest absolute Gasteiger partial charge is 0.323 e. The number of hydrogen-bond donors (Lipinski definition) is 1. The first-order valence-electron chi connectivity index (χ1n) is 10.8. The molecular weight excluding hydrogens is 390 g/mol. The van der Waals surface area contributed by atoms with Crippen LogP contribution in [0.4, 0.5) is 0 Å². The first kappa shape index (κ1) is 19.4. The zero-order chi connectivity index (χ0) is 20.7. The molecule has 5 rings (SSSR count). The van der Waals surface area contributed by atoms with E-state index in [1.165, 1.54) is 35.3 Å². The van der Waals surface area contributed by atoms with Gasteiger partial charge in [-0.1, -0.05) is 61.2 Å². The molecule has 1 atom stereocenters. The van der Waals surface area contributed by atoms with Gasteiger partial charge in [0.2, 0.25) is 0 Å². The number of aromatic nitrogens is 2. The van der Waals surface area contributed by atoms with Gasteiger partial charge in [0.15, 0.2) is 0 Å². The van der Waals surface area contributed by atoms with Gasteiger partial charge in [0.05, 0.1) is 11.7 Å². The second-order valence-corrected chi connectivity index (χ2v) is 9.29. The summed E-state index contributed by atoms with van der Waals surface area (Å²) in [6.07, 6.45) is 7.93. The highest BCUT2D eigenvalue weighted by Gasteiger charge is 2.45. The number of nitrogens with one attached hydrogen (secondary N) is 1. The number of aromatic amines is 1. The average molecular weight is 418 g/mol. The lowest BCUT2D eigenvalue weighted by Crippen LogP contribution is -2.40. The summed E-state index contributed by atoms with van der Waals surface area (Å²) in [5.74, 6) is 0.0988.